The van der Waals surface area contributed by atoms with Gasteiger partial charge in [0.1, 0.15) is 5.82 Å². The van der Waals surface area contributed by atoms with Crippen molar-refractivity contribution in [1.29, 1.82) is 0 Å². The maximum absolute atomic E-state index is 13.7. The summed E-state index contributed by atoms with van der Waals surface area (Å²) in [5, 5.41) is 2.95. The summed E-state index contributed by atoms with van der Waals surface area (Å²) >= 11 is 0. The van der Waals surface area contributed by atoms with E-state index in [2.05, 4.69) is 15.0 Å². The molecule has 5 heteroatoms. The molecule has 0 saturated carbocycles. The van der Waals surface area contributed by atoms with Gasteiger partial charge in [-0.15, -0.1) is 0 Å². The maximum atomic E-state index is 13.7. The number of anilines is 1. The van der Waals surface area contributed by atoms with Crippen LogP contribution in [-0.4, -0.2) is 18.1 Å². The molecule has 0 bridgehead atoms. The Bertz CT molecular complexity index is 612. The Morgan fingerprint density at radius 2 is 2.15 bits per heavy atom. The van der Waals surface area contributed by atoms with Crippen LogP contribution in [-0.2, 0) is 11.3 Å². The molecule has 2 rings (SSSR count). The highest BCUT2D eigenvalue weighted by Crippen LogP contribution is 2.17. The Hall–Kier alpha value is -2.43. The minimum absolute atomic E-state index is 0.258. The molecule has 0 aliphatic carbocycles. The summed E-state index contributed by atoms with van der Waals surface area (Å²) in [7, 11) is 1.29. The summed E-state index contributed by atoms with van der Waals surface area (Å²) in [4.78, 5) is 15.6. The molecule has 1 aromatic carbocycles. The van der Waals surface area contributed by atoms with Crippen LogP contribution in [0.15, 0.2) is 36.5 Å². The quantitative estimate of drug-likeness (QED) is 0.871. The summed E-state index contributed by atoms with van der Waals surface area (Å²) in [5.74, 6) is -0.914. The van der Waals surface area contributed by atoms with Crippen molar-refractivity contribution >= 4 is 11.7 Å². The van der Waals surface area contributed by atoms with Gasteiger partial charge in [0.25, 0.3) is 0 Å². The number of benzene rings is 1. The predicted octanol–water partition coefficient (Wildman–Crippen LogP) is 2.93. The van der Waals surface area contributed by atoms with Crippen molar-refractivity contribution in [2.24, 2.45) is 0 Å². The molecule has 20 heavy (non-hydrogen) atoms. The second kappa shape index (κ2) is 6.14. The van der Waals surface area contributed by atoms with Crippen LogP contribution in [0, 0.1) is 12.7 Å². The van der Waals surface area contributed by atoms with Gasteiger partial charge in [0.2, 0.25) is 0 Å². The van der Waals surface area contributed by atoms with Crippen molar-refractivity contribution in [3.05, 3.63) is 59.2 Å². The van der Waals surface area contributed by atoms with E-state index in [9.17, 15) is 9.18 Å². The molecule has 4 nitrogen and oxygen atoms in total. The number of aryl methyl sites for hydroxylation is 1. The molecule has 0 spiro atoms. The van der Waals surface area contributed by atoms with Gasteiger partial charge >= 0.3 is 5.97 Å². The van der Waals surface area contributed by atoms with Crippen molar-refractivity contribution < 1.29 is 13.9 Å². The number of nitrogens with one attached hydrogen (secondary N) is 1. The zero-order valence-corrected chi connectivity index (χ0v) is 11.3. The fourth-order valence-corrected chi connectivity index (χ4v) is 1.71. The minimum Gasteiger partial charge on any atom is -0.465 e. The molecule has 1 aromatic heterocycles. The molecule has 0 unspecified atom stereocenters. The van der Waals surface area contributed by atoms with E-state index in [0.717, 1.165) is 11.3 Å². The van der Waals surface area contributed by atoms with Gasteiger partial charge < -0.3 is 10.1 Å². The predicted molar refractivity (Wildman–Crippen MR) is 74.0 cm³/mol. The first-order valence-electron chi connectivity index (χ1n) is 6.13. The van der Waals surface area contributed by atoms with Gasteiger partial charge in [0, 0.05) is 18.4 Å². The third-order valence-electron chi connectivity index (χ3n) is 2.84. The Labute approximate surface area is 116 Å². The third kappa shape index (κ3) is 3.32. The molecule has 0 amide bonds. The van der Waals surface area contributed by atoms with Crippen molar-refractivity contribution in [1.82, 2.24) is 4.98 Å². The molecule has 2 aromatic rings. The lowest BCUT2D eigenvalue weighted by atomic mass is 10.2. The third-order valence-corrected chi connectivity index (χ3v) is 2.84. The highest BCUT2D eigenvalue weighted by Gasteiger charge is 2.09. The lowest BCUT2D eigenvalue weighted by Gasteiger charge is -2.09. The first-order valence-corrected chi connectivity index (χ1v) is 6.13. The van der Waals surface area contributed by atoms with Gasteiger partial charge in [0.15, 0.2) is 0 Å². The number of hydrogen-bond donors (Lipinski definition) is 1. The van der Waals surface area contributed by atoms with Gasteiger partial charge in [-0.05, 0) is 36.8 Å². The van der Waals surface area contributed by atoms with Crippen LogP contribution >= 0.6 is 0 Å². The first-order chi connectivity index (χ1) is 9.60. The van der Waals surface area contributed by atoms with Crippen LogP contribution in [0.1, 0.15) is 21.6 Å². The number of aromatic nitrogens is 1. The number of rotatable bonds is 4. The van der Waals surface area contributed by atoms with Crippen LogP contribution in [0.2, 0.25) is 0 Å². The first kappa shape index (κ1) is 14.0. The van der Waals surface area contributed by atoms with Gasteiger partial charge in [0.05, 0.1) is 18.4 Å². The maximum Gasteiger partial charge on any atom is 0.337 e. The molecule has 1 N–H and O–H groups in total. The van der Waals surface area contributed by atoms with Crippen LogP contribution in [0.4, 0.5) is 10.1 Å². The van der Waals surface area contributed by atoms with Gasteiger partial charge in [-0.3, -0.25) is 4.98 Å². The Kier molecular flexibility index (Phi) is 4.30. The second-order valence-corrected chi connectivity index (χ2v) is 4.35. The molecular formula is C15H15FN2O2. The van der Waals surface area contributed by atoms with E-state index >= 15 is 0 Å². The normalized spacial score (nSPS) is 10.2. The zero-order valence-electron chi connectivity index (χ0n) is 11.3. The lowest BCUT2D eigenvalue weighted by molar-refractivity contribution is 0.0600. The average molecular weight is 274 g/mol. The zero-order chi connectivity index (χ0) is 14.5. The summed E-state index contributed by atoms with van der Waals surface area (Å²) in [6, 6.07) is 7.86. The summed E-state index contributed by atoms with van der Waals surface area (Å²) < 4.78 is 18.3. The van der Waals surface area contributed by atoms with Crippen LogP contribution in [0.25, 0.3) is 0 Å². The molecular weight excluding hydrogens is 259 g/mol. The molecule has 0 atom stereocenters. The summed E-state index contributed by atoms with van der Waals surface area (Å²) in [5.41, 5.74) is 2.41. The van der Waals surface area contributed by atoms with Crippen molar-refractivity contribution in [2.75, 3.05) is 12.4 Å². The number of pyridine rings is 1. The van der Waals surface area contributed by atoms with Crippen molar-refractivity contribution in [2.45, 2.75) is 13.5 Å². The topological polar surface area (TPSA) is 51.2 Å². The van der Waals surface area contributed by atoms with Crippen LogP contribution in [0.3, 0.4) is 0 Å². The molecule has 104 valence electrons. The molecule has 0 aliphatic rings. The van der Waals surface area contributed by atoms with E-state index in [4.69, 9.17) is 0 Å². The fraction of sp³-hybridized carbons (Fsp3) is 0.200. The van der Waals surface area contributed by atoms with E-state index < -0.39 is 11.8 Å². The van der Waals surface area contributed by atoms with E-state index in [0.29, 0.717) is 12.1 Å². The second-order valence-electron chi connectivity index (χ2n) is 4.35. The van der Waals surface area contributed by atoms with Crippen LogP contribution in [0.5, 0.6) is 0 Å². The minimum atomic E-state index is -0.495. The molecule has 0 fully saturated rings. The smallest absolute Gasteiger partial charge is 0.337 e. The van der Waals surface area contributed by atoms with Crippen molar-refractivity contribution in [3.63, 3.8) is 0 Å². The number of carbonyl (C=O) groups is 1. The summed E-state index contributed by atoms with van der Waals surface area (Å²) in [6.07, 6.45) is 1.73. The standard InChI is InChI=1S/C15H15FN2O2/c1-10-3-4-11(8-17-10)9-18-14-7-12(15(19)20-2)5-6-13(14)16/h3-8,18H,9H2,1-2H3. The Balaban J connectivity index is 2.12. The number of halogens is 1. The number of hydrogen-bond acceptors (Lipinski definition) is 4. The number of methoxy groups -OCH3 is 1. The van der Waals surface area contributed by atoms with E-state index in [1.165, 1.54) is 25.3 Å². The van der Waals surface area contributed by atoms with Crippen LogP contribution < -0.4 is 5.32 Å². The lowest BCUT2D eigenvalue weighted by Crippen LogP contribution is -2.06. The highest BCUT2D eigenvalue weighted by molar-refractivity contribution is 5.90. The Morgan fingerprint density at radius 3 is 2.80 bits per heavy atom. The van der Waals surface area contributed by atoms with Crippen molar-refractivity contribution in [3.8, 4) is 0 Å². The Morgan fingerprint density at radius 1 is 1.35 bits per heavy atom. The fourth-order valence-electron chi connectivity index (χ4n) is 1.71. The number of carbonyl (C=O) groups excluding carboxylic acids is 1. The number of esters is 1. The van der Waals surface area contributed by atoms with Gasteiger partial charge in [-0.25, -0.2) is 9.18 Å². The number of nitrogens with zero attached hydrogens (tertiary/aromatic N) is 1. The average Bonchev–Trinajstić information content (AvgIpc) is 2.47. The SMILES string of the molecule is COC(=O)c1ccc(F)c(NCc2ccc(C)nc2)c1. The van der Waals surface area contributed by atoms with E-state index in [1.807, 2.05) is 19.1 Å². The van der Waals surface area contributed by atoms with E-state index in [1.54, 1.807) is 6.20 Å². The highest BCUT2D eigenvalue weighted by atomic mass is 19.1. The summed E-state index contributed by atoms with van der Waals surface area (Å²) in [6.45, 7) is 2.32. The largest absolute Gasteiger partial charge is 0.465 e. The van der Waals surface area contributed by atoms with E-state index in [-0.39, 0.29) is 5.69 Å². The van der Waals surface area contributed by atoms with Gasteiger partial charge in [-0.1, -0.05) is 6.07 Å². The van der Waals surface area contributed by atoms with Gasteiger partial charge in [-0.2, -0.15) is 0 Å². The molecule has 1 heterocycles. The number of ether oxygens (including phenoxy) is 1. The molecule has 0 radical (unpaired) electrons. The monoisotopic (exact) mass is 274 g/mol. The molecule has 0 aliphatic heterocycles. The molecule has 0 saturated heterocycles.